The van der Waals surface area contributed by atoms with E-state index in [9.17, 15) is 8.42 Å². The lowest BCUT2D eigenvalue weighted by molar-refractivity contribution is 0.466. The van der Waals surface area contributed by atoms with Gasteiger partial charge in [0.25, 0.3) is 0 Å². The Morgan fingerprint density at radius 2 is 2.28 bits per heavy atom. The second-order valence-corrected chi connectivity index (χ2v) is 8.49. The summed E-state index contributed by atoms with van der Waals surface area (Å²) in [6, 6.07) is 1.64. The van der Waals surface area contributed by atoms with E-state index in [4.69, 9.17) is 0 Å². The highest BCUT2D eigenvalue weighted by Gasteiger charge is 2.24. The maximum atomic E-state index is 12.4. The summed E-state index contributed by atoms with van der Waals surface area (Å²) in [4.78, 5) is 1.13. The zero-order valence-electron chi connectivity index (χ0n) is 9.84. The predicted molar refractivity (Wildman–Crippen MR) is 74.0 cm³/mol. The standard InChI is InChI=1S/C10H12BrN3O2S2/c1-7-9(3-10(11)17-7)18(15,16)14(2)6-8-4-12-13-5-8/h3-5H,6H2,1-2H3,(H,12,13). The average molecular weight is 350 g/mol. The number of rotatable bonds is 4. The summed E-state index contributed by atoms with van der Waals surface area (Å²) in [5.41, 5.74) is 0.827. The van der Waals surface area contributed by atoms with E-state index in [-0.39, 0.29) is 0 Å². The maximum absolute atomic E-state index is 12.4. The van der Waals surface area contributed by atoms with Crippen molar-refractivity contribution in [3.63, 3.8) is 0 Å². The van der Waals surface area contributed by atoms with Crippen LogP contribution < -0.4 is 0 Å². The molecular weight excluding hydrogens is 338 g/mol. The van der Waals surface area contributed by atoms with E-state index in [1.54, 1.807) is 32.4 Å². The third kappa shape index (κ3) is 2.66. The van der Waals surface area contributed by atoms with Crippen molar-refractivity contribution in [2.75, 3.05) is 7.05 Å². The molecule has 1 N–H and O–H groups in total. The van der Waals surface area contributed by atoms with Gasteiger partial charge in [-0.2, -0.15) is 9.40 Å². The number of H-pyrrole nitrogens is 1. The van der Waals surface area contributed by atoms with E-state index in [1.165, 1.54) is 15.6 Å². The summed E-state index contributed by atoms with van der Waals surface area (Å²) >= 11 is 4.72. The summed E-state index contributed by atoms with van der Waals surface area (Å²) < 4.78 is 26.9. The van der Waals surface area contributed by atoms with Gasteiger partial charge in [0, 0.05) is 30.2 Å². The lowest BCUT2D eigenvalue weighted by Crippen LogP contribution is -2.26. The number of nitrogens with zero attached hydrogens (tertiary/aromatic N) is 2. The molecule has 0 fully saturated rings. The third-order valence-corrected chi connectivity index (χ3v) is 6.10. The number of aryl methyl sites for hydroxylation is 1. The Labute approximate surface area is 118 Å². The van der Waals surface area contributed by atoms with Crippen molar-refractivity contribution in [1.82, 2.24) is 14.5 Å². The Bertz CT molecular complexity index is 634. The van der Waals surface area contributed by atoms with Crippen molar-refractivity contribution in [2.24, 2.45) is 0 Å². The Hall–Kier alpha value is -0.700. The van der Waals surface area contributed by atoms with Gasteiger partial charge in [0.15, 0.2) is 0 Å². The molecule has 0 atom stereocenters. The van der Waals surface area contributed by atoms with Crippen LogP contribution in [0.1, 0.15) is 10.4 Å². The molecule has 2 rings (SSSR count). The molecule has 2 aromatic rings. The molecule has 2 heterocycles. The summed E-state index contributed by atoms with van der Waals surface area (Å²) in [6.07, 6.45) is 3.30. The molecule has 0 saturated carbocycles. The van der Waals surface area contributed by atoms with Gasteiger partial charge in [0.1, 0.15) is 0 Å². The summed E-state index contributed by atoms with van der Waals surface area (Å²) in [5.74, 6) is 0. The fourth-order valence-electron chi connectivity index (χ4n) is 1.56. The molecule has 0 aliphatic rings. The first-order valence-electron chi connectivity index (χ1n) is 5.11. The molecule has 0 unspecified atom stereocenters. The number of hydrogen-bond donors (Lipinski definition) is 1. The first-order chi connectivity index (χ1) is 8.41. The SMILES string of the molecule is Cc1sc(Br)cc1S(=O)(=O)N(C)Cc1cn[nH]c1. The highest BCUT2D eigenvalue weighted by Crippen LogP contribution is 2.31. The monoisotopic (exact) mass is 349 g/mol. The zero-order valence-corrected chi connectivity index (χ0v) is 13.1. The van der Waals surface area contributed by atoms with Crippen LogP contribution in [-0.2, 0) is 16.6 Å². The van der Waals surface area contributed by atoms with Gasteiger partial charge in [0.05, 0.1) is 14.9 Å². The van der Waals surface area contributed by atoms with E-state index >= 15 is 0 Å². The molecule has 0 aliphatic carbocycles. The third-order valence-electron chi connectivity index (χ3n) is 2.49. The van der Waals surface area contributed by atoms with Gasteiger partial charge in [-0.05, 0) is 28.9 Å². The van der Waals surface area contributed by atoms with Gasteiger partial charge in [-0.25, -0.2) is 8.42 Å². The van der Waals surface area contributed by atoms with Gasteiger partial charge in [0.2, 0.25) is 10.0 Å². The van der Waals surface area contributed by atoms with E-state index in [0.717, 1.165) is 14.2 Å². The number of thiophene rings is 1. The number of nitrogens with one attached hydrogen (secondary N) is 1. The first kappa shape index (κ1) is 13.7. The fourth-order valence-corrected chi connectivity index (χ4v) is 5.10. The Morgan fingerprint density at radius 1 is 1.56 bits per heavy atom. The van der Waals surface area contributed by atoms with Crippen molar-refractivity contribution in [3.05, 3.63) is 32.7 Å². The van der Waals surface area contributed by atoms with Gasteiger partial charge < -0.3 is 0 Å². The maximum Gasteiger partial charge on any atom is 0.244 e. The van der Waals surface area contributed by atoms with Gasteiger partial charge in [-0.15, -0.1) is 11.3 Å². The van der Waals surface area contributed by atoms with Crippen molar-refractivity contribution < 1.29 is 8.42 Å². The molecule has 8 heteroatoms. The number of halogens is 1. The second kappa shape index (κ2) is 5.12. The average Bonchev–Trinajstić information content (AvgIpc) is 2.88. The van der Waals surface area contributed by atoms with Gasteiger partial charge >= 0.3 is 0 Å². The second-order valence-electron chi connectivity index (χ2n) is 3.84. The molecular formula is C10H12BrN3O2S2. The minimum Gasteiger partial charge on any atom is -0.285 e. The van der Waals surface area contributed by atoms with Crippen LogP contribution in [-0.4, -0.2) is 30.0 Å². The molecule has 0 saturated heterocycles. The molecule has 98 valence electrons. The topological polar surface area (TPSA) is 66.1 Å². The van der Waals surface area contributed by atoms with Crippen LogP contribution in [0.4, 0.5) is 0 Å². The molecule has 5 nitrogen and oxygen atoms in total. The van der Waals surface area contributed by atoms with Crippen LogP contribution in [0, 0.1) is 6.92 Å². The minimum atomic E-state index is -3.45. The van der Waals surface area contributed by atoms with Gasteiger partial charge in [-0.1, -0.05) is 0 Å². The number of hydrogen-bond acceptors (Lipinski definition) is 4. The summed E-state index contributed by atoms with van der Waals surface area (Å²) in [5, 5.41) is 6.46. The van der Waals surface area contributed by atoms with Crippen LogP contribution in [0.15, 0.2) is 27.1 Å². The summed E-state index contributed by atoms with van der Waals surface area (Å²) in [7, 11) is -1.89. The lowest BCUT2D eigenvalue weighted by atomic mass is 10.4. The summed E-state index contributed by atoms with van der Waals surface area (Å²) in [6.45, 7) is 2.10. The quantitative estimate of drug-likeness (QED) is 0.921. The van der Waals surface area contributed by atoms with Crippen LogP contribution in [0.25, 0.3) is 0 Å². The van der Waals surface area contributed by atoms with Gasteiger partial charge in [-0.3, -0.25) is 5.10 Å². The molecule has 0 amide bonds. The number of aromatic nitrogens is 2. The normalized spacial score (nSPS) is 12.2. The van der Waals surface area contributed by atoms with Crippen molar-refractivity contribution in [1.29, 1.82) is 0 Å². The number of sulfonamides is 1. The Kier molecular flexibility index (Phi) is 3.90. The predicted octanol–water partition coefficient (Wildman–Crippen LogP) is 2.36. The smallest absolute Gasteiger partial charge is 0.244 e. The molecule has 0 aliphatic heterocycles. The molecule has 0 aromatic carbocycles. The molecule has 18 heavy (non-hydrogen) atoms. The van der Waals surface area contributed by atoms with E-state index in [1.807, 2.05) is 0 Å². The highest BCUT2D eigenvalue weighted by molar-refractivity contribution is 9.11. The largest absolute Gasteiger partial charge is 0.285 e. The molecule has 0 bridgehead atoms. The van der Waals surface area contributed by atoms with Crippen LogP contribution >= 0.6 is 27.3 Å². The van der Waals surface area contributed by atoms with E-state index < -0.39 is 10.0 Å². The van der Waals surface area contributed by atoms with Crippen molar-refractivity contribution in [2.45, 2.75) is 18.4 Å². The van der Waals surface area contributed by atoms with Crippen molar-refractivity contribution in [3.8, 4) is 0 Å². The van der Waals surface area contributed by atoms with Crippen LogP contribution in [0.2, 0.25) is 0 Å². The lowest BCUT2D eigenvalue weighted by Gasteiger charge is -2.15. The Balaban J connectivity index is 2.28. The molecule has 0 spiro atoms. The molecule has 2 aromatic heterocycles. The first-order valence-corrected chi connectivity index (χ1v) is 8.16. The highest BCUT2D eigenvalue weighted by atomic mass is 79.9. The van der Waals surface area contributed by atoms with Crippen molar-refractivity contribution >= 4 is 37.3 Å². The Morgan fingerprint density at radius 3 is 2.78 bits per heavy atom. The molecule has 0 radical (unpaired) electrons. The fraction of sp³-hybridized carbons (Fsp3) is 0.300. The van der Waals surface area contributed by atoms with E-state index in [0.29, 0.717) is 11.4 Å². The van der Waals surface area contributed by atoms with E-state index in [2.05, 4.69) is 26.1 Å². The number of aromatic amines is 1. The minimum absolute atomic E-state index is 0.297. The van der Waals surface area contributed by atoms with Crippen LogP contribution in [0.3, 0.4) is 0 Å². The zero-order chi connectivity index (χ0) is 13.3. The van der Waals surface area contributed by atoms with Crippen LogP contribution in [0.5, 0.6) is 0 Å².